The molecule has 0 aliphatic carbocycles. The molecule has 31 heavy (non-hydrogen) atoms. The third kappa shape index (κ3) is 3.77. The number of nitrogens with zero attached hydrogens (tertiary/aromatic N) is 2. The first-order valence-electron chi connectivity index (χ1n) is 9.55. The second-order valence-corrected chi connectivity index (χ2v) is 7.23. The summed E-state index contributed by atoms with van der Waals surface area (Å²) < 4.78 is 27.0. The number of anilines is 3. The fraction of sp³-hybridized carbons (Fsp3) is 0.0833. The molecule has 0 saturated carbocycles. The number of nitrogens with one attached hydrogen (secondary N) is 1. The smallest absolute Gasteiger partial charge is 0.282 e. The van der Waals surface area contributed by atoms with E-state index in [0.29, 0.717) is 11.3 Å². The van der Waals surface area contributed by atoms with Gasteiger partial charge in [0.1, 0.15) is 5.70 Å². The van der Waals surface area contributed by atoms with Crippen molar-refractivity contribution in [3.8, 4) is 0 Å². The molecule has 0 aromatic heterocycles. The molecule has 0 fully saturated rings. The third-order valence-electron chi connectivity index (χ3n) is 4.96. The average Bonchev–Trinajstić information content (AvgIpc) is 3.01. The van der Waals surface area contributed by atoms with Crippen molar-refractivity contribution in [2.75, 3.05) is 29.2 Å². The lowest BCUT2D eigenvalue weighted by Gasteiger charge is -2.18. The van der Waals surface area contributed by atoms with Crippen LogP contribution < -0.4 is 15.1 Å². The van der Waals surface area contributed by atoms with Crippen LogP contribution in [0, 0.1) is 11.6 Å². The molecule has 4 rings (SSSR count). The predicted molar refractivity (Wildman–Crippen MR) is 117 cm³/mol. The Morgan fingerprint density at radius 3 is 2.10 bits per heavy atom. The number of hydrogen-bond donors (Lipinski definition) is 1. The average molecular weight is 419 g/mol. The summed E-state index contributed by atoms with van der Waals surface area (Å²) in [5.41, 5.74) is 2.19. The summed E-state index contributed by atoms with van der Waals surface area (Å²) in [6.07, 6.45) is 0. The van der Waals surface area contributed by atoms with Gasteiger partial charge in [-0.15, -0.1) is 0 Å². The van der Waals surface area contributed by atoms with Crippen LogP contribution in [-0.2, 0) is 9.59 Å². The van der Waals surface area contributed by atoms with E-state index in [1.165, 1.54) is 6.07 Å². The maximum Gasteiger partial charge on any atom is 0.282 e. The Labute approximate surface area is 178 Å². The van der Waals surface area contributed by atoms with Crippen molar-refractivity contribution in [3.05, 3.63) is 95.7 Å². The summed E-state index contributed by atoms with van der Waals surface area (Å²) in [5, 5.41) is 2.82. The molecule has 0 saturated heterocycles. The summed E-state index contributed by atoms with van der Waals surface area (Å²) in [6.45, 7) is 0. The van der Waals surface area contributed by atoms with Gasteiger partial charge in [-0.2, -0.15) is 0 Å². The second-order valence-electron chi connectivity index (χ2n) is 7.23. The van der Waals surface area contributed by atoms with Crippen LogP contribution in [0.1, 0.15) is 5.56 Å². The van der Waals surface area contributed by atoms with Gasteiger partial charge in [0.15, 0.2) is 11.6 Å². The molecule has 0 radical (unpaired) electrons. The van der Waals surface area contributed by atoms with E-state index in [1.807, 2.05) is 19.0 Å². The quantitative estimate of drug-likeness (QED) is 0.622. The van der Waals surface area contributed by atoms with Crippen LogP contribution in [-0.4, -0.2) is 25.9 Å². The van der Waals surface area contributed by atoms with E-state index in [0.717, 1.165) is 22.7 Å². The predicted octanol–water partition coefficient (Wildman–Crippen LogP) is 4.43. The maximum absolute atomic E-state index is 13.7. The Balaban J connectivity index is 1.77. The molecule has 1 aliphatic heterocycles. The van der Waals surface area contributed by atoms with E-state index in [2.05, 4.69) is 5.32 Å². The molecule has 1 aliphatic rings. The van der Waals surface area contributed by atoms with Crippen molar-refractivity contribution >= 4 is 34.4 Å². The van der Waals surface area contributed by atoms with Crippen molar-refractivity contribution in [2.45, 2.75) is 0 Å². The lowest BCUT2D eigenvalue weighted by atomic mass is 10.0. The largest absolute Gasteiger partial charge is 0.378 e. The van der Waals surface area contributed by atoms with Gasteiger partial charge >= 0.3 is 0 Å². The Morgan fingerprint density at radius 2 is 1.48 bits per heavy atom. The molecule has 0 bridgehead atoms. The summed E-state index contributed by atoms with van der Waals surface area (Å²) in [5.74, 6) is -3.14. The normalized spacial score (nSPS) is 13.7. The van der Waals surface area contributed by atoms with Crippen LogP contribution in [0.25, 0.3) is 5.57 Å². The summed E-state index contributed by atoms with van der Waals surface area (Å²) in [6, 6.07) is 18.9. The fourth-order valence-electron chi connectivity index (χ4n) is 3.37. The highest BCUT2D eigenvalue weighted by Gasteiger charge is 2.40. The molecule has 0 spiro atoms. The minimum atomic E-state index is -1.06. The number of halogens is 2. The van der Waals surface area contributed by atoms with Gasteiger partial charge in [-0.3, -0.25) is 9.59 Å². The Kier molecular flexibility index (Phi) is 5.25. The van der Waals surface area contributed by atoms with Crippen molar-refractivity contribution in [3.63, 3.8) is 0 Å². The zero-order valence-electron chi connectivity index (χ0n) is 16.9. The number of carbonyl (C=O) groups excluding carboxylic acids is 2. The lowest BCUT2D eigenvalue weighted by Crippen LogP contribution is -2.32. The molecule has 7 heteroatoms. The van der Waals surface area contributed by atoms with Gasteiger partial charge in [-0.1, -0.05) is 30.3 Å². The molecule has 0 atom stereocenters. The van der Waals surface area contributed by atoms with Gasteiger partial charge in [0, 0.05) is 31.5 Å². The number of imide groups is 1. The molecule has 2 amide bonds. The zero-order chi connectivity index (χ0) is 22.1. The molecule has 5 nitrogen and oxygen atoms in total. The van der Waals surface area contributed by atoms with Crippen LogP contribution in [0.3, 0.4) is 0 Å². The molecule has 0 unspecified atom stereocenters. The highest BCUT2D eigenvalue weighted by molar-refractivity contribution is 6.46. The van der Waals surface area contributed by atoms with Crippen LogP contribution in [0.15, 0.2) is 78.5 Å². The summed E-state index contributed by atoms with van der Waals surface area (Å²) >= 11 is 0. The third-order valence-corrected chi connectivity index (χ3v) is 4.96. The Bertz CT molecular complexity index is 1190. The molecule has 156 valence electrons. The highest BCUT2D eigenvalue weighted by atomic mass is 19.2. The van der Waals surface area contributed by atoms with E-state index >= 15 is 0 Å². The highest BCUT2D eigenvalue weighted by Crippen LogP contribution is 2.34. The first-order chi connectivity index (χ1) is 14.9. The van der Waals surface area contributed by atoms with E-state index in [4.69, 9.17) is 0 Å². The monoisotopic (exact) mass is 419 g/mol. The van der Waals surface area contributed by atoms with Gasteiger partial charge in [0.25, 0.3) is 11.8 Å². The van der Waals surface area contributed by atoms with Crippen LogP contribution in [0.5, 0.6) is 0 Å². The minimum Gasteiger partial charge on any atom is -0.378 e. The van der Waals surface area contributed by atoms with Crippen LogP contribution in [0.2, 0.25) is 0 Å². The first kappa shape index (κ1) is 20.3. The van der Waals surface area contributed by atoms with Crippen LogP contribution in [0.4, 0.5) is 25.8 Å². The van der Waals surface area contributed by atoms with Crippen LogP contribution >= 0.6 is 0 Å². The molecule has 3 aromatic rings. The number of hydrogen-bond acceptors (Lipinski definition) is 4. The number of benzene rings is 3. The van der Waals surface area contributed by atoms with Gasteiger partial charge in [-0.25, -0.2) is 13.7 Å². The fourth-order valence-corrected chi connectivity index (χ4v) is 3.37. The van der Waals surface area contributed by atoms with E-state index < -0.39 is 23.4 Å². The van der Waals surface area contributed by atoms with E-state index in [1.54, 1.807) is 54.6 Å². The lowest BCUT2D eigenvalue weighted by molar-refractivity contribution is -0.120. The molecule has 1 heterocycles. The first-order valence-corrected chi connectivity index (χ1v) is 9.55. The molecule has 3 aromatic carbocycles. The zero-order valence-corrected chi connectivity index (χ0v) is 16.9. The second kappa shape index (κ2) is 8.02. The number of carbonyl (C=O) groups is 2. The molecular weight excluding hydrogens is 400 g/mol. The van der Waals surface area contributed by atoms with E-state index in [-0.39, 0.29) is 17.0 Å². The Morgan fingerprint density at radius 1 is 0.806 bits per heavy atom. The number of rotatable bonds is 5. The summed E-state index contributed by atoms with van der Waals surface area (Å²) in [7, 11) is 3.78. The molecular formula is C24H19F2N3O2. The molecule has 1 N–H and O–H groups in total. The minimum absolute atomic E-state index is 0.00102. The van der Waals surface area contributed by atoms with Gasteiger partial charge in [0.2, 0.25) is 0 Å². The Hall–Kier alpha value is -4.00. The van der Waals surface area contributed by atoms with Gasteiger partial charge in [0.05, 0.1) is 11.3 Å². The van der Waals surface area contributed by atoms with Crippen molar-refractivity contribution in [2.24, 2.45) is 0 Å². The van der Waals surface area contributed by atoms with Crippen molar-refractivity contribution in [1.82, 2.24) is 0 Å². The van der Waals surface area contributed by atoms with Gasteiger partial charge in [-0.05, 0) is 42.0 Å². The maximum atomic E-state index is 13.7. The van der Waals surface area contributed by atoms with Crippen molar-refractivity contribution < 1.29 is 18.4 Å². The van der Waals surface area contributed by atoms with E-state index in [9.17, 15) is 18.4 Å². The van der Waals surface area contributed by atoms with Gasteiger partial charge < -0.3 is 10.2 Å². The van der Waals surface area contributed by atoms with Crippen molar-refractivity contribution in [1.29, 1.82) is 0 Å². The summed E-state index contributed by atoms with van der Waals surface area (Å²) in [4.78, 5) is 29.6. The topological polar surface area (TPSA) is 52.6 Å². The SMILES string of the molecule is CN(C)c1ccc(N2C(=O)C(Nc3ccc(F)c(F)c3)=C(c3ccccc3)C2=O)cc1. The standard InChI is InChI=1S/C24H19F2N3O2/c1-28(2)17-9-11-18(12-10-17)29-23(30)21(15-6-4-3-5-7-15)22(24(29)31)27-16-8-13-19(25)20(26)14-16/h3-14,27H,1-2H3. The number of amides is 2.